The van der Waals surface area contributed by atoms with Crippen molar-refractivity contribution in [3.8, 4) is 0 Å². The second kappa shape index (κ2) is 7.58. The largest absolute Gasteiger partial charge is 0.336 e. The lowest BCUT2D eigenvalue weighted by Gasteiger charge is -2.35. The molecule has 0 bridgehead atoms. The molecule has 1 heterocycles. The number of carbonyl (C=O) groups is 1. The van der Waals surface area contributed by atoms with Crippen LogP contribution in [0.4, 0.5) is 0 Å². The Bertz CT molecular complexity index is 481. The van der Waals surface area contributed by atoms with Crippen molar-refractivity contribution in [2.45, 2.75) is 0 Å². The van der Waals surface area contributed by atoms with Crippen LogP contribution in [0.2, 0.25) is 5.02 Å². The maximum Gasteiger partial charge on any atom is 0.254 e. The van der Waals surface area contributed by atoms with E-state index in [4.69, 9.17) is 11.6 Å². The van der Waals surface area contributed by atoms with Gasteiger partial charge >= 0.3 is 0 Å². The Morgan fingerprint density at radius 1 is 1.24 bits per heavy atom. The predicted octanol–water partition coefficient (Wildman–Crippen LogP) is 2.42. The predicted molar refractivity (Wildman–Crippen MR) is 90.0 cm³/mol. The first kappa shape index (κ1) is 16.7. The lowest BCUT2D eigenvalue weighted by molar-refractivity contribution is 0.0629. The fourth-order valence-corrected chi connectivity index (χ4v) is 3.24. The SMILES string of the molecule is CN(C)CCN1CCN(C(=O)c2cc(Cl)cc(Br)c2)CC1. The highest BCUT2D eigenvalue weighted by Gasteiger charge is 2.22. The first-order valence-corrected chi connectivity index (χ1v) is 8.25. The number of halogens is 2. The zero-order valence-electron chi connectivity index (χ0n) is 12.5. The van der Waals surface area contributed by atoms with E-state index >= 15 is 0 Å². The lowest BCUT2D eigenvalue weighted by Crippen LogP contribution is -2.49. The second-order valence-electron chi connectivity index (χ2n) is 5.60. The highest BCUT2D eigenvalue weighted by Crippen LogP contribution is 2.21. The van der Waals surface area contributed by atoms with Crippen molar-refractivity contribution in [1.82, 2.24) is 14.7 Å². The number of likely N-dealkylation sites (N-methyl/N-ethyl adjacent to an activating group) is 1. The van der Waals surface area contributed by atoms with Crippen molar-refractivity contribution in [3.63, 3.8) is 0 Å². The summed E-state index contributed by atoms with van der Waals surface area (Å²) in [6.45, 7) is 5.52. The zero-order valence-corrected chi connectivity index (χ0v) is 14.8. The number of benzene rings is 1. The number of piperazine rings is 1. The molecular weight excluding hydrogens is 354 g/mol. The van der Waals surface area contributed by atoms with Crippen molar-refractivity contribution < 1.29 is 4.79 Å². The Morgan fingerprint density at radius 3 is 2.48 bits per heavy atom. The van der Waals surface area contributed by atoms with Gasteiger partial charge in [0.2, 0.25) is 0 Å². The molecule has 0 N–H and O–H groups in total. The molecule has 6 heteroatoms. The third-order valence-corrected chi connectivity index (χ3v) is 4.31. The molecule has 0 radical (unpaired) electrons. The summed E-state index contributed by atoms with van der Waals surface area (Å²) < 4.78 is 0.836. The van der Waals surface area contributed by atoms with Crippen molar-refractivity contribution >= 4 is 33.4 Å². The summed E-state index contributed by atoms with van der Waals surface area (Å²) >= 11 is 9.39. The number of carbonyl (C=O) groups excluding carboxylic acids is 1. The number of amides is 1. The van der Waals surface area contributed by atoms with Gasteiger partial charge in [-0.15, -0.1) is 0 Å². The molecule has 1 fully saturated rings. The summed E-state index contributed by atoms with van der Waals surface area (Å²) in [7, 11) is 4.16. The molecule has 0 spiro atoms. The van der Waals surface area contributed by atoms with Crippen molar-refractivity contribution in [2.24, 2.45) is 0 Å². The van der Waals surface area contributed by atoms with Crippen molar-refractivity contribution in [1.29, 1.82) is 0 Å². The Labute approximate surface area is 139 Å². The number of nitrogens with zero attached hydrogens (tertiary/aromatic N) is 3. The third-order valence-electron chi connectivity index (χ3n) is 3.63. The molecule has 0 atom stereocenters. The molecule has 0 aliphatic carbocycles. The fourth-order valence-electron chi connectivity index (χ4n) is 2.38. The second-order valence-corrected chi connectivity index (χ2v) is 6.95. The number of hydrogen-bond donors (Lipinski definition) is 0. The highest BCUT2D eigenvalue weighted by atomic mass is 79.9. The van der Waals surface area contributed by atoms with Gasteiger partial charge in [0.15, 0.2) is 0 Å². The van der Waals surface area contributed by atoms with Gasteiger partial charge in [-0.25, -0.2) is 0 Å². The molecule has 1 aromatic carbocycles. The van der Waals surface area contributed by atoms with Gasteiger partial charge in [0.1, 0.15) is 0 Å². The molecule has 0 saturated carbocycles. The van der Waals surface area contributed by atoms with Gasteiger partial charge in [0.05, 0.1) is 0 Å². The van der Waals surface area contributed by atoms with Crippen molar-refractivity contribution in [2.75, 3.05) is 53.4 Å². The molecule has 1 aliphatic rings. The summed E-state index contributed by atoms with van der Waals surface area (Å²) in [6, 6.07) is 5.34. The normalized spacial score (nSPS) is 16.5. The molecule has 116 valence electrons. The van der Waals surface area contributed by atoms with E-state index in [1.165, 1.54) is 0 Å². The summed E-state index contributed by atoms with van der Waals surface area (Å²) in [5.74, 6) is 0.0606. The van der Waals surface area contributed by atoms with Crippen LogP contribution < -0.4 is 0 Å². The van der Waals surface area contributed by atoms with Gasteiger partial charge in [0, 0.05) is 54.3 Å². The average molecular weight is 375 g/mol. The number of hydrogen-bond acceptors (Lipinski definition) is 3. The van der Waals surface area contributed by atoms with E-state index in [0.29, 0.717) is 10.6 Å². The van der Waals surface area contributed by atoms with Gasteiger partial charge in [-0.2, -0.15) is 0 Å². The van der Waals surface area contributed by atoms with E-state index < -0.39 is 0 Å². The fraction of sp³-hybridized carbons (Fsp3) is 0.533. The van der Waals surface area contributed by atoms with Crippen LogP contribution in [0.5, 0.6) is 0 Å². The van der Waals surface area contributed by atoms with Gasteiger partial charge < -0.3 is 9.80 Å². The monoisotopic (exact) mass is 373 g/mol. The van der Waals surface area contributed by atoms with Gasteiger partial charge in [0.25, 0.3) is 5.91 Å². The van der Waals surface area contributed by atoms with E-state index in [1.807, 2.05) is 11.0 Å². The molecule has 0 unspecified atom stereocenters. The molecule has 0 aromatic heterocycles. The zero-order chi connectivity index (χ0) is 15.4. The van der Waals surface area contributed by atoms with E-state index in [-0.39, 0.29) is 5.91 Å². The summed E-state index contributed by atoms with van der Waals surface area (Å²) in [4.78, 5) is 19.0. The van der Waals surface area contributed by atoms with E-state index in [1.54, 1.807) is 12.1 Å². The third kappa shape index (κ3) is 4.95. The maximum atomic E-state index is 12.5. The lowest BCUT2D eigenvalue weighted by atomic mass is 10.2. The van der Waals surface area contributed by atoms with E-state index in [9.17, 15) is 4.79 Å². The molecule has 1 amide bonds. The Kier molecular flexibility index (Phi) is 6.05. The van der Waals surface area contributed by atoms with Gasteiger partial charge in [-0.05, 0) is 32.3 Å². The van der Waals surface area contributed by atoms with Crippen LogP contribution in [0.3, 0.4) is 0 Å². The Morgan fingerprint density at radius 2 is 1.90 bits per heavy atom. The van der Waals surface area contributed by atoms with Crippen LogP contribution >= 0.6 is 27.5 Å². The molecule has 2 rings (SSSR count). The number of rotatable bonds is 4. The average Bonchev–Trinajstić information content (AvgIpc) is 2.44. The molecule has 1 aliphatic heterocycles. The van der Waals surface area contributed by atoms with Crippen LogP contribution in [-0.2, 0) is 0 Å². The molecule has 1 aromatic rings. The smallest absolute Gasteiger partial charge is 0.254 e. The van der Waals surface area contributed by atoms with Gasteiger partial charge in [-0.1, -0.05) is 27.5 Å². The van der Waals surface area contributed by atoms with E-state index in [2.05, 4.69) is 39.8 Å². The minimum absolute atomic E-state index is 0.0606. The standard InChI is InChI=1S/C15H21BrClN3O/c1-18(2)3-4-19-5-7-20(8-6-19)15(21)12-9-13(16)11-14(17)10-12/h9-11H,3-8H2,1-2H3. The molecule has 21 heavy (non-hydrogen) atoms. The highest BCUT2D eigenvalue weighted by molar-refractivity contribution is 9.10. The topological polar surface area (TPSA) is 26.8 Å². The minimum atomic E-state index is 0.0606. The Balaban J connectivity index is 1.91. The summed E-state index contributed by atoms with van der Waals surface area (Å²) in [5, 5.41) is 0.581. The molecule has 1 saturated heterocycles. The maximum absolute atomic E-state index is 12.5. The summed E-state index contributed by atoms with van der Waals surface area (Å²) in [6.07, 6.45) is 0. The van der Waals surface area contributed by atoms with Crippen LogP contribution in [0, 0.1) is 0 Å². The Hall–Kier alpha value is -0.620. The first-order valence-electron chi connectivity index (χ1n) is 7.08. The quantitative estimate of drug-likeness (QED) is 0.810. The van der Waals surface area contributed by atoms with Crippen LogP contribution in [0.1, 0.15) is 10.4 Å². The van der Waals surface area contributed by atoms with Crippen LogP contribution in [-0.4, -0.2) is 74.0 Å². The van der Waals surface area contributed by atoms with Crippen LogP contribution in [0.15, 0.2) is 22.7 Å². The first-order chi connectivity index (χ1) is 9.95. The minimum Gasteiger partial charge on any atom is -0.336 e. The van der Waals surface area contributed by atoms with E-state index in [0.717, 1.165) is 43.7 Å². The summed E-state index contributed by atoms with van der Waals surface area (Å²) in [5.41, 5.74) is 0.649. The molecular formula is C15H21BrClN3O. The van der Waals surface area contributed by atoms with Gasteiger partial charge in [-0.3, -0.25) is 9.69 Å². The van der Waals surface area contributed by atoms with Crippen molar-refractivity contribution in [3.05, 3.63) is 33.3 Å². The molecule has 4 nitrogen and oxygen atoms in total. The van der Waals surface area contributed by atoms with Crippen LogP contribution in [0.25, 0.3) is 0 Å².